The Morgan fingerprint density at radius 2 is 1.58 bits per heavy atom. The van der Waals surface area contributed by atoms with Crippen LogP contribution in [0.15, 0.2) is 35.4 Å². The molecule has 6 aliphatic carbocycles. The molecule has 0 amide bonds. The molecule has 6 fully saturated rings. The summed E-state index contributed by atoms with van der Waals surface area (Å²) in [5.41, 5.74) is 2.49. The van der Waals surface area contributed by atoms with E-state index < -0.39 is 11.5 Å². The van der Waals surface area contributed by atoms with Gasteiger partial charge in [-0.15, -0.1) is 0 Å². The summed E-state index contributed by atoms with van der Waals surface area (Å²) >= 11 is 0. The number of rotatable bonds is 7. The van der Waals surface area contributed by atoms with Gasteiger partial charge in [0.2, 0.25) is 0 Å². The van der Waals surface area contributed by atoms with E-state index in [1.165, 1.54) is 50.5 Å². The summed E-state index contributed by atoms with van der Waals surface area (Å²) in [6, 6.07) is 7.40. The minimum Gasteiger partial charge on any atom is -0.508 e. The molecular weight excluding hydrogens is 620 g/mol. The van der Waals surface area contributed by atoms with Crippen molar-refractivity contribution in [1.29, 1.82) is 0 Å². The van der Waals surface area contributed by atoms with Crippen LogP contribution in [0.25, 0.3) is 0 Å². The lowest BCUT2D eigenvalue weighted by atomic mass is 9.35. The van der Waals surface area contributed by atoms with Crippen molar-refractivity contribution >= 4 is 11.6 Å². The molecule has 1 aromatic carbocycles. The minimum atomic E-state index is -0.530. The molecule has 274 valence electrons. The van der Waals surface area contributed by atoms with Gasteiger partial charge in [-0.25, -0.2) is 0 Å². The molecule has 0 aromatic heterocycles. The molecule has 8 rings (SSSR count). The molecular formula is C45H64O5. The van der Waals surface area contributed by atoms with Gasteiger partial charge < -0.3 is 14.9 Å². The SMILES string of the molecule is CC1(C)C(=O)[C@H](c2cccc(O)c2)C[C@@]2(C)[C@H]3CCC4=C([C@@H](C[C@@H](O)[C@H]5O[C@]5(C)C5CCCC5)C5CCCCC5)C(=O)C[C@]4(C)[C@@]3(C)CC[C@@H]12. The number of ether oxygens (including phenoxy) is 1. The van der Waals surface area contributed by atoms with Crippen molar-refractivity contribution in [3.63, 3.8) is 0 Å². The van der Waals surface area contributed by atoms with Gasteiger partial charge in [-0.3, -0.25) is 9.59 Å². The number of phenolic OH excluding ortho intramolecular Hbond substituents is 1. The van der Waals surface area contributed by atoms with Crippen molar-refractivity contribution in [2.45, 2.75) is 168 Å². The third kappa shape index (κ3) is 5.04. The molecule has 5 heteroatoms. The van der Waals surface area contributed by atoms with Gasteiger partial charge in [-0.1, -0.05) is 84.4 Å². The number of benzene rings is 1. The fraction of sp³-hybridized carbons (Fsp3) is 0.778. The zero-order valence-corrected chi connectivity index (χ0v) is 31.9. The Morgan fingerprint density at radius 1 is 0.880 bits per heavy atom. The van der Waals surface area contributed by atoms with Crippen LogP contribution in [0.3, 0.4) is 0 Å². The maximum Gasteiger partial charge on any atom is 0.160 e. The first-order valence-electron chi connectivity index (χ1n) is 20.6. The molecule has 5 nitrogen and oxygen atoms in total. The van der Waals surface area contributed by atoms with Crippen LogP contribution >= 0.6 is 0 Å². The Bertz CT molecular complexity index is 1560. The van der Waals surface area contributed by atoms with E-state index in [0.717, 1.165) is 56.1 Å². The molecule has 10 atom stereocenters. The highest BCUT2D eigenvalue weighted by molar-refractivity contribution is 6.01. The summed E-state index contributed by atoms with van der Waals surface area (Å²) in [5.74, 6) is 2.45. The number of carbonyl (C=O) groups is 2. The van der Waals surface area contributed by atoms with E-state index in [1.807, 2.05) is 12.1 Å². The molecule has 7 aliphatic rings. The zero-order chi connectivity index (χ0) is 35.4. The van der Waals surface area contributed by atoms with Gasteiger partial charge in [-0.2, -0.15) is 0 Å². The summed E-state index contributed by atoms with van der Waals surface area (Å²) in [5, 5.41) is 22.3. The molecule has 1 heterocycles. The number of aliphatic hydroxyl groups excluding tert-OH is 1. The van der Waals surface area contributed by atoms with Crippen molar-refractivity contribution in [2.24, 2.45) is 51.2 Å². The Morgan fingerprint density at radius 3 is 2.28 bits per heavy atom. The second-order valence-corrected chi connectivity index (χ2v) is 19.9. The number of ketones is 2. The van der Waals surface area contributed by atoms with E-state index in [4.69, 9.17) is 4.74 Å². The number of epoxide rings is 1. The summed E-state index contributed by atoms with van der Waals surface area (Å²) in [7, 11) is 0. The molecule has 5 saturated carbocycles. The summed E-state index contributed by atoms with van der Waals surface area (Å²) in [4.78, 5) is 28.9. The van der Waals surface area contributed by atoms with E-state index >= 15 is 0 Å². The van der Waals surface area contributed by atoms with Crippen molar-refractivity contribution in [3.8, 4) is 5.75 Å². The monoisotopic (exact) mass is 684 g/mol. The standard InChI is InChI=1S/C45H64O5/c1-41(2)36-21-22-43(4)37(42(36,3)25-32(39(41)49)28-15-12-18-30(46)23-28)20-19-33-38(35(48)26-44(33,43)5)31(27-13-8-7-9-14-27)24-34(47)40-45(6,50-40)29-16-10-11-17-29/h12,15,18,23,27,29,31-32,34,36-37,40,46-47H,7-11,13-14,16-17,19-22,24-26H2,1-6H3/t31-,32-,34+,36-,37+,40+,42+,43-,44-,45+/m0/s1. The Kier molecular flexibility index (Phi) is 8.43. The van der Waals surface area contributed by atoms with Gasteiger partial charge in [-0.05, 0) is 135 Å². The predicted molar refractivity (Wildman–Crippen MR) is 197 cm³/mol. The maximum atomic E-state index is 14.7. The van der Waals surface area contributed by atoms with Gasteiger partial charge in [0, 0.05) is 23.2 Å². The highest BCUT2D eigenvalue weighted by Crippen LogP contribution is 2.75. The Hall–Kier alpha value is -1.98. The Balaban J connectivity index is 1.13. The molecule has 0 spiro atoms. The average Bonchev–Trinajstić information content (AvgIpc) is 3.37. The highest BCUT2D eigenvalue weighted by atomic mass is 16.6. The highest BCUT2D eigenvalue weighted by Gasteiger charge is 2.69. The first-order chi connectivity index (χ1) is 23.6. The van der Waals surface area contributed by atoms with Crippen LogP contribution in [0.1, 0.15) is 156 Å². The molecule has 0 unspecified atom stereocenters. The first-order valence-corrected chi connectivity index (χ1v) is 20.6. The van der Waals surface area contributed by atoms with Gasteiger partial charge in [0.15, 0.2) is 5.78 Å². The number of hydrogen-bond acceptors (Lipinski definition) is 5. The molecule has 1 saturated heterocycles. The zero-order valence-electron chi connectivity index (χ0n) is 31.9. The second kappa shape index (κ2) is 12.0. The smallest absolute Gasteiger partial charge is 0.160 e. The molecule has 0 bridgehead atoms. The van der Waals surface area contributed by atoms with E-state index in [9.17, 15) is 19.8 Å². The van der Waals surface area contributed by atoms with Crippen LogP contribution in [0.5, 0.6) is 5.75 Å². The summed E-state index contributed by atoms with van der Waals surface area (Å²) < 4.78 is 6.39. The molecule has 0 radical (unpaired) electrons. The van der Waals surface area contributed by atoms with Crippen LogP contribution in [-0.4, -0.2) is 39.6 Å². The average molecular weight is 685 g/mol. The number of fused-ring (bicyclic) bond motifs is 5. The number of carbonyl (C=O) groups excluding carboxylic acids is 2. The van der Waals surface area contributed by atoms with Crippen LogP contribution in [-0.2, 0) is 14.3 Å². The van der Waals surface area contributed by atoms with E-state index in [2.05, 4.69) is 41.5 Å². The largest absolute Gasteiger partial charge is 0.508 e. The van der Waals surface area contributed by atoms with E-state index in [1.54, 1.807) is 12.1 Å². The Labute approximate surface area is 301 Å². The van der Waals surface area contributed by atoms with Crippen molar-refractivity contribution in [1.82, 2.24) is 0 Å². The third-order valence-electron chi connectivity index (χ3n) is 17.3. The van der Waals surface area contributed by atoms with Crippen LogP contribution < -0.4 is 0 Å². The number of Topliss-reactive ketones (excluding diaryl/α,β-unsaturated/α-hetero) is 2. The van der Waals surface area contributed by atoms with Crippen molar-refractivity contribution in [3.05, 3.63) is 41.0 Å². The van der Waals surface area contributed by atoms with E-state index in [-0.39, 0.29) is 51.5 Å². The lowest BCUT2D eigenvalue weighted by Crippen LogP contribution is -2.63. The van der Waals surface area contributed by atoms with E-state index in [0.29, 0.717) is 42.2 Å². The van der Waals surface area contributed by atoms with Crippen molar-refractivity contribution in [2.75, 3.05) is 0 Å². The number of allylic oxidation sites excluding steroid dienone is 2. The number of phenols is 1. The van der Waals surface area contributed by atoms with Crippen LogP contribution in [0.4, 0.5) is 0 Å². The second-order valence-electron chi connectivity index (χ2n) is 19.9. The number of aromatic hydroxyl groups is 1. The molecule has 1 aromatic rings. The fourth-order valence-electron chi connectivity index (χ4n) is 14.5. The predicted octanol–water partition coefficient (Wildman–Crippen LogP) is 9.88. The molecule has 50 heavy (non-hydrogen) atoms. The number of aliphatic hydroxyl groups is 1. The third-order valence-corrected chi connectivity index (χ3v) is 17.3. The van der Waals surface area contributed by atoms with Gasteiger partial charge >= 0.3 is 0 Å². The first kappa shape index (κ1) is 35.1. The lowest BCUT2D eigenvalue weighted by molar-refractivity contribution is -0.183. The maximum absolute atomic E-state index is 14.7. The van der Waals surface area contributed by atoms with Crippen LogP contribution in [0.2, 0.25) is 0 Å². The lowest BCUT2D eigenvalue weighted by Gasteiger charge is -2.68. The number of hydrogen-bond donors (Lipinski definition) is 2. The van der Waals surface area contributed by atoms with Gasteiger partial charge in [0.25, 0.3) is 0 Å². The normalized spacial score (nSPS) is 42.9. The minimum absolute atomic E-state index is 0.0561. The topological polar surface area (TPSA) is 87.1 Å². The van der Waals surface area contributed by atoms with Crippen molar-refractivity contribution < 1.29 is 24.5 Å². The summed E-state index contributed by atoms with van der Waals surface area (Å²) in [6.07, 6.45) is 16.4. The quantitative estimate of drug-likeness (QED) is 0.279. The molecule has 1 aliphatic heterocycles. The fourth-order valence-corrected chi connectivity index (χ4v) is 14.5. The van der Waals surface area contributed by atoms with Gasteiger partial charge in [0.1, 0.15) is 17.6 Å². The molecule has 2 N–H and O–H groups in total. The van der Waals surface area contributed by atoms with Gasteiger partial charge in [0.05, 0.1) is 11.7 Å². The van der Waals surface area contributed by atoms with Crippen LogP contribution in [0, 0.1) is 51.2 Å². The summed E-state index contributed by atoms with van der Waals surface area (Å²) in [6.45, 7) is 14.0.